The zero-order valence-corrected chi connectivity index (χ0v) is 16.0. The molecule has 150 valence electrons. The molecule has 2 aliphatic rings. The number of aliphatic hydroxyl groups is 4. The van der Waals surface area contributed by atoms with E-state index < -0.39 is 37.3 Å². The average Bonchev–Trinajstić information content (AvgIpc) is 2.53. The predicted octanol–water partition coefficient (Wildman–Crippen LogP) is 0.533. The standard InChI is InChI=1S/C19H32O7/c1-10-7-12(21)8-19(3,4)13(10)6-5-11(2)25-18-17(24)16(23)15(22)14(9-20)26-18/h7,11,13-18,20,22-24H,5-6,8-9H2,1-4H3/t11-,13-,14+,15+,16-,17+,18+/m1/s1. The van der Waals surface area contributed by atoms with E-state index in [9.17, 15) is 25.2 Å². The molecule has 0 unspecified atom stereocenters. The van der Waals surface area contributed by atoms with Crippen molar-refractivity contribution in [2.24, 2.45) is 11.3 Å². The van der Waals surface area contributed by atoms with Gasteiger partial charge in [0.05, 0.1) is 12.7 Å². The fourth-order valence-corrected chi connectivity index (χ4v) is 4.09. The van der Waals surface area contributed by atoms with Crippen molar-refractivity contribution in [2.45, 2.75) is 83.8 Å². The Balaban J connectivity index is 1.93. The molecule has 7 atom stereocenters. The summed E-state index contributed by atoms with van der Waals surface area (Å²) in [6.07, 6.45) is -2.82. The molecule has 0 bridgehead atoms. The van der Waals surface area contributed by atoms with E-state index >= 15 is 0 Å². The number of rotatable bonds is 6. The summed E-state index contributed by atoms with van der Waals surface area (Å²) < 4.78 is 11.1. The molecule has 4 N–H and O–H groups in total. The second kappa shape index (κ2) is 8.46. The lowest BCUT2D eigenvalue weighted by Gasteiger charge is -2.41. The molecule has 7 nitrogen and oxygen atoms in total. The van der Waals surface area contributed by atoms with Crippen LogP contribution in [0.15, 0.2) is 11.6 Å². The molecule has 0 amide bonds. The molecule has 1 fully saturated rings. The lowest BCUT2D eigenvalue weighted by atomic mass is 9.66. The van der Waals surface area contributed by atoms with Crippen LogP contribution in [0.1, 0.15) is 47.0 Å². The quantitative estimate of drug-likeness (QED) is 0.537. The third-order valence-corrected chi connectivity index (χ3v) is 5.59. The summed E-state index contributed by atoms with van der Waals surface area (Å²) in [6, 6.07) is 0. The summed E-state index contributed by atoms with van der Waals surface area (Å²) in [7, 11) is 0. The molecule has 0 spiro atoms. The van der Waals surface area contributed by atoms with Crippen LogP contribution in [0.2, 0.25) is 0 Å². The molecule has 0 aromatic heterocycles. The van der Waals surface area contributed by atoms with Crippen LogP contribution in [0.3, 0.4) is 0 Å². The highest BCUT2D eigenvalue weighted by Gasteiger charge is 2.44. The van der Waals surface area contributed by atoms with Gasteiger partial charge in [-0.25, -0.2) is 0 Å². The van der Waals surface area contributed by atoms with E-state index in [2.05, 4.69) is 13.8 Å². The maximum Gasteiger partial charge on any atom is 0.186 e. The number of allylic oxidation sites excluding steroid dienone is 2. The number of carbonyl (C=O) groups excluding carboxylic acids is 1. The summed E-state index contributed by atoms with van der Waals surface area (Å²) >= 11 is 0. The van der Waals surface area contributed by atoms with Gasteiger partial charge in [0.15, 0.2) is 12.1 Å². The van der Waals surface area contributed by atoms with Gasteiger partial charge >= 0.3 is 0 Å². The number of ether oxygens (including phenoxy) is 2. The van der Waals surface area contributed by atoms with Gasteiger partial charge in [0.25, 0.3) is 0 Å². The normalized spacial score (nSPS) is 38.8. The molecule has 0 aromatic carbocycles. The van der Waals surface area contributed by atoms with Crippen LogP contribution in [0, 0.1) is 11.3 Å². The van der Waals surface area contributed by atoms with Gasteiger partial charge < -0.3 is 29.9 Å². The van der Waals surface area contributed by atoms with E-state index in [1.54, 1.807) is 6.08 Å². The van der Waals surface area contributed by atoms with E-state index in [4.69, 9.17) is 9.47 Å². The molecule has 7 heteroatoms. The summed E-state index contributed by atoms with van der Waals surface area (Å²) in [5.74, 6) is 0.426. The van der Waals surface area contributed by atoms with Crippen molar-refractivity contribution in [1.82, 2.24) is 0 Å². The van der Waals surface area contributed by atoms with Gasteiger partial charge in [0, 0.05) is 6.42 Å². The smallest absolute Gasteiger partial charge is 0.186 e. The molecular formula is C19H32O7. The van der Waals surface area contributed by atoms with Crippen LogP contribution in [0.4, 0.5) is 0 Å². The van der Waals surface area contributed by atoms with Crippen LogP contribution in [0.25, 0.3) is 0 Å². The van der Waals surface area contributed by atoms with Crippen molar-refractivity contribution in [3.63, 3.8) is 0 Å². The monoisotopic (exact) mass is 372 g/mol. The van der Waals surface area contributed by atoms with Crippen LogP contribution in [-0.2, 0) is 14.3 Å². The van der Waals surface area contributed by atoms with Gasteiger partial charge in [-0.3, -0.25) is 4.79 Å². The Morgan fingerprint density at radius 2 is 1.92 bits per heavy atom. The van der Waals surface area contributed by atoms with Crippen LogP contribution < -0.4 is 0 Å². The Morgan fingerprint density at radius 3 is 2.50 bits per heavy atom. The van der Waals surface area contributed by atoms with Crippen molar-refractivity contribution >= 4 is 5.78 Å². The zero-order valence-electron chi connectivity index (χ0n) is 16.0. The van der Waals surface area contributed by atoms with E-state index in [-0.39, 0.29) is 23.2 Å². The first-order chi connectivity index (χ1) is 12.1. The van der Waals surface area contributed by atoms with E-state index in [0.717, 1.165) is 12.0 Å². The lowest BCUT2D eigenvalue weighted by Crippen LogP contribution is -2.59. The van der Waals surface area contributed by atoms with Crippen molar-refractivity contribution in [1.29, 1.82) is 0 Å². The lowest BCUT2D eigenvalue weighted by molar-refractivity contribution is -0.310. The summed E-state index contributed by atoms with van der Waals surface area (Å²) in [5, 5.41) is 38.9. The maximum absolute atomic E-state index is 11.8. The number of hydrogen-bond donors (Lipinski definition) is 4. The Labute approximate surface area is 154 Å². The molecule has 2 rings (SSSR count). The molecule has 1 heterocycles. The van der Waals surface area contributed by atoms with Crippen molar-refractivity contribution in [2.75, 3.05) is 6.61 Å². The van der Waals surface area contributed by atoms with Crippen LogP contribution in [0.5, 0.6) is 0 Å². The highest BCUT2D eigenvalue weighted by molar-refractivity contribution is 5.91. The molecule has 26 heavy (non-hydrogen) atoms. The van der Waals surface area contributed by atoms with Gasteiger partial charge in [0.2, 0.25) is 0 Å². The SMILES string of the molecule is CC1=CC(=O)CC(C)(C)[C@@H]1CC[C@@H](C)O[C@H]1O[C@@H](CO)[C@H](O)[C@@H](O)[C@@H]1O. The zero-order chi connectivity index (χ0) is 19.6. The van der Waals surface area contributed by atoms with Gasteiger partial charge in [-0.1, -0.05) is 19.4 Å². The molecular weight excluding hydrogens is 340 g/mol. The van der Waals surface area contributed by atoms with Crippen molar-refractivity contribution in [3.05, 3.63) is 11.6 Å². The Hall–Kier alpha value is -0.830. The molecule has 1 saturated heterocycles. The second-order valence-corrected chi connectivity index (χ2v) is 8.29. The van der Waals surface area contributed by atoms with Crippen LogP contribution in [-0.4, -0.2) is 69.6 Å². The Kier molecular flexibility index (Phi) is 6.98. The van der Waals surface area contributed by atoms with Gasteiger partial charge in [-0.2, -0.15) is 0 Å². The first kappa shape index (κ1) is 21.5. The van der Waals surface area contributed by atoms with E-state index in [1.807, 2.05) is 13.8 Å². The maximum atomic E-state index is 11.8. The minimum Gasteiger partial charge on any atom is -0.394 e. The highest BCUT2D eigenvalue weighted by atomic mass is 16.7. The van der Waals surface area contributed by atoms with Gasteiger partial charge in [-0.05, 0) is 44.1 Å². The third-order valence-electron chi connectivity index (χ3n) is 5.59. The van der Waals surface area contributed by atoms with E-state index in [0.29, 0.717) is 12.8 Å². The number of carbonyl (C=O) groups is 1. The third kappa shape index (κ3) is 4.71. The minimum atomic E-state index is -1.44. The highest BCUT2D eigenvalue weighted by Crippen LogP contribution is 2.42. The van der Waals surface area contributed by atoms with Gasteiger partial charge in [-0.15, -0.1) is 0 Å². The Morgan fingerprint density at radius 1 is 1.27 bits per heavy atom. The molecule has 0 radical (unpaired) electrons. The average molecular weight is 372 g/mol. The topological polar surface area (TPSA) is 116 Å². The van der Waals surface area contributed by atoms with Crippen LogP contribution >= 0.6 is 0 Å². The largest absolute Gasteiger partial charge is 0.394 e. The molecule has 1 aliphatic heterocycles. The second-order valence-electron chi connectivity index (χ2n) is 8.29. The summed E-state index contributed by atoms with van der Waals surface area (Å²) in [4.78, 5) is 11.8. The van der Waals surface area contributed by atoms with Crippen molar-refractivity contribution < 1.29 is 34.7 Å². The summed E-state index contributed by atoms with van der Waals surface area (Å²) in [6.45, 7) is 7.53. The summed E-state index contributed by atoms with van der Waals surface area (Å²) in [5.41, 5.74) is 0.963. The van der Waals surface area contributed by atoms with Gasteiger partial charge in [0.1, 0.15) is 24.4 Å². The molecule has 1 aliphatic carbocycles. The predicted molar refractivity (Wildman–Crippen MR) is 94.2 cm³/mol. The first-order valence-electron chi connectivity index (χ1n) is 9.23. The molecule has 0 aromatic rings. The first-order valence-corrected chi connectivity index (χ1v) is 9.23. The number of ketones is 1. The van der Waals surface area contributed by atoms with E-state index in [1.165, 1.54) is 0 Å². The number of hydrogen-bond acceptors (Lipinski definition) is 7. The fraction of sp³-hybridized carbons (Fsp3) is 0.842. The fourth-order valence-electron chi connectivity index (χ4n) is 4.09. The minimum absolute atomic E-state index is 0.112. The Bertz CT molecular complexity index is 528. The van der Waals surface area contributed by atoms with Crippen molar-refractivity contribution in [3.8, 4) is 0 Å². The number of aliphatic hydroxyl groups excluding tert-OH is 4. The molecule has 0 saturated carbocycles.